The predicted molar refractivity (Wildman–Crippen MR) is 266 cm³/mol. The number of fused-ring (bicyclic) bond motifs is 4. The molecule has 0 unspecified atom stereocenters. The standard InChI is InChI=1S/C60H38N4/c1-3-11-45-33-47(27-21-39(45)9-1)58-52-15-5-6-16-53(52)59(48-28-22-40-10-2-4-12-46(40)34-48)55-35-49(29-30-54(55)58)60-63-56(43-23-17-41(18-24-43)50-13-7-31-61-37-50)36-57(64-60)44-25-19-42(20-26-44)51-14-8-32-62-38-51/h1-38H. The first-order valence-electron chi connectivity index (χ1n) is 21.6. The van der Waals surface area contributed by atoms with Gasteiger partial charge in [-0.2, -0.15) is 0 Å². The Labute approximate surface area is 370 Å². The molecule has 298 valence electrons. The molecule has 3 heterocycles. The van der Waals surface area contributed by atoms with Gasteiger partial charge in [-0.1, -0.05) is 170 Å². The highest BCUT2D eigenvalue weighted by atomic mass is 14.9. The second kappa shape index (κ2) is 15.7. The molecule has 0 amide bonds. The van der Waals surface area contributed by atoms with Gasteiger partial charge >= 0.3 is 0 Å². The van der Waals surface area contributed by atoms with E-state index in [0.29, 0.717) is 5.82 Å². The van der Waals surface area contributed by atoms with E-state index in [9.17, 15) is 0 Å². The predicted octanol–water partition coefficient (Wildman–Crippen LogP) is 15.5. The van der Waals surface area contributed by atoms with Crippen molar-refractivity contribution in [2.45, 2.75) is 0 Å². The Bertz CT molecular complexity index is 3590. The minimum Gasteiger partial charge on any atom is -0.264 e. The van der Waals surface area contributed by atoms with Crippen LogP contribution in [0.15, 0.2) is 231 Å². The highest BCUT2D eigenvalue weighted by Crippen LogP contribution is 2.46. The lowest BCUT2D eigenvalue weighted by atomic mass is 9.84. The van der Waals surface area contributed by atoms with E-state index < -0.39 is 0 Å². The molecule has 3 aromatic heterocycles. The fourth-order valence-corrected chi connectivity index (χ4v) is 9.24. The number of benzene rings is 9. The molecule has 4 heteroatoms. The molecule has 0 saturated heterocycles. The second-order valence-corrected chi connectivity index (χ2v) is 16.3. The topological polar surface area (TPSA) is 51.6 Å². The third-order valence-corrected chi connectivity index (χ3v) is 12.4. The van der Waals surface area contributed by atoms with Crippen molar-refractivity contribution in [2.24, 2.45) is 0 Å². The molecule has 0 atom stereocenters. The van der Waals surface area contributed by atoms with Gasteiger partial charge in [0, 0.05) is 41.5 Å². The minimum absolute atomic E-state index is 0.659. The molecule has 9 aromatic carbocycles. The van der Waals surface area contributed by atoms with Crippen molar-refractivity contribution in [2.75, 3.05) is 0 Å². The summed E-state index contributed by atoms with van der Waals surface area (Å²) in [5.41, 5.74) is 13.7. The fraction of sp³-hybridized carbons (Fsp3) is 0. The lowest BCUT2D eigenvalue weighted by Gasteiger charge is -2.19. The van der Waals surface area contributed by atoms with Crippen molar-refractivity contribution < 1.29 is 0 Å². The van der Waals surface area contributed by atoms with Crippen LogP contribution >= 0.6 is 0 Å². The van der Waals surface area contributed by atoms with E-state index in [-0.39, 0.29) is 0 Å². The lowest BCUT2D eigenvalue weighted by Crippen LogP contribution is -1.97. The Morgan fingerprint density at radius 3 is 1.17 bits per heavy atom. The van der Waals surface area contributed by atoms with E-state index in [2.05, 4.69) is 204 Å². The number of hydrogen-bond donors (Lipinski definition) is 0. The third-order valence-electron chi connectivity index (χ3n) is 12.4. The number of nitrogens with zero attached hydrogens (tertiary/aromatic N) is 4. The van der Waals surface area contributed by atoms with Gasteiger partial charge in [0.2, 0.25) is 0 Å². The van der Waals surface area contributed by atoms with Gasteiger partial charge in [0.25, 0.3) is 0 Å². The van der Waals surface area contributed by atoms with Crippen LogP contribution in [0.2, 0.25) is 0 Å². The quantitative estimate of drug-likeness (QED) is 0.150. The monoisotopic (exact) mass is 814 g/mol. The molecule has 12 rings (SSSR count). The van der Waals surface area contributed by atoms with Gasteiger partial charge in [-0.25, -0.2) is 9.97 Å². The smallest absolute Gasteiger partial charge is 0.160 e. The van der Waals surface area contributed by atoms with Crippen LogP contribution in [0.4, 0.5) is 0 Å². The molecule has 0 aliphatic heterocycles. The molecule has 12 aromatic rings. The van der Waals surface area contributed by atoms with Crippen molar-refractivity contribution in [3.63, 3.8) is 0 Å². The summed E-state index contributed by atoms with van der Waals surface area (Å²) < 4.78 is 0. The summed E-state index contributed by atoms with van der Waals surface area (Å²) in [5.74, 6) is 0.659. The molecular weight excluding hydrogens is 777 g/mol. The van der Waals surface area contributed by atoms with Crippen LogP contribution in [-0.4, -0.2) is 19.9 Å². The van der Waals surface area contributed by atoms with E-state index in [0.717, 1.165) is 55.7 Å². The molecule has 0 aliphatic carbocycles. The normalized spacial score (nSPS) is 11.4. The highest BCUT2D eigenvalue weighted by molar-refractivity contribution is 6.22. The van der Waals surface area contributed by atoms with E-state index in [1.54, 1.807) is 12.4 Å². The van der Waals surface area contributed by atoms with Gasteiger partial charge in [-0.15, -0.1) is 0 Å². The van der Waals surface area contributed by atoms with Crippen LogP contribution in [0.3, 0.4) is 0 Å². The Morgan fingerprint density at radius 2 is 0.672 bits per heavy atom. The zero-order chi connectivity index (χ0) is 42.4. The van der Waals surface area contributed by atoms with Gasteiger partial charge in [0.05, 0.1) is 11.4 Å². The van der Waals surface area contributed by atoms with E-state index in [4.69, 9.17) is 9.97 Å². The number of aromatic nitrogens is 4. The molecular formula is C60H38N4. The largest absolute Gasteiger partial charge is 0.264 e. The zero-order valence-corrected chi connectivity index (χ0v) is 34.7. The lowest BCUT2D eigenvalue weighted by molar-refractivity contribution is 1.18. The van der Waals surface area contributed by atoms with Crippen molar-refractivity contribution in [3.05, 3.63) is 231 Å². The van der Waals surface area contributed by atoms with E-state index in [1.807, 2.05) is 24.5 Å². The second-order valence-electron chi connectivity index (χ2n) is 16.3. The average Bonchev–Trinajstić information content (AvgIpc) is 3.38. The van der Waals surface area contributed by atoms with Crippen molar-refractivity contribution in [3.8, 4) is 78.4 Å². The van der Waals surface area contributed by atoms with Gasteiger partial charge in [0.1, 0.15) is 0 Å². The zero-order valence-electron chi connectivity index (χ0n) is 34.7. The maximum absolute atomic E-state index is 5.36. The molecule has 0 radical (unpaired) electrons. The molecule has 0 fully saturated rings. The van der Waals surface area contributed by atoms with E-state index >= 15 is 0 Å². The van der Waals surface area contributed by atoms with Crippen LogP contribution in [0.1, 0.15) is 0 Å². The summed E-state index contributed by atoms with van der Waals surface area (Å²) >= 11 is 0. The third kappa shape index (κ3) is 6.75. The average molecular weight is 815 g/mol. The van der Waals surface area contributed by atoms with Crippen molar-refractivity contribution >= 4 is 43.1 Å². The molecule has 0 bridgehead atoms. The maximum atomic E-state index is 5.36. The Hall–Kier alpha value is -8.60. The van der Waals surface area contributed by atoms with Crippen LogP contribution in [0, 0.1) is 0 Å². The maximum Gasteiger partial charge on any atom is 0.160 e. The van der Waals surface area contributed by atoms with Gasteiger partial charge < -0.3 is 0 Å². The number of hydrogen-bond acceptors (Lipinski definition) is 4. The van der Waals surface area contributed by atoms with Crippen LogP contribution in [0.5, 0.6) is 0 Å². The Kier molecular flexibility index (Phi) is 9.12. The summed E-state index contributed by atoms with van der Waals surface area (Å²) in [6, 6.07) is 73.9. The molecule has 0 aliphatic rings. The van der Waals surface area contributed by atoms with Gasteiger partial charge in [-0.3, -0.25) is 9.97 Å². The Morgan fingerprint density at radius 1 is 0.250 bits per heavy atom. The van der Waals surface area contributed by atoms with Crippen LogP contribution in [0.25, 0.3) is 122 Å². The summed E-state index contributed by atoms with van der Waals surface area (Å²) in [6.07, 6.45) is 7.39. The molecule has 64 heavy (non-hydrogen) atoms. The molecule has 4 nitrogen and oxygen atoms in total. The highest BCUT2D eigenvalue weighted by Gasteiger charge is 2.20. The molecule has 0 N–H and O–H groups in total. The first kappa shape index (κ1) is 37.2. The first-order valence-corrected chi connectivity index (χ1v) is 21.6. The van der Waals surface area contributed by atoms with Crippen molar-refractivity contribution in [1.29, 1.82) is 0 Å². The summed E-state index contributed by atoms with van der Waals surface area (Å²) in [4.78, 5) is 19.4. The van der Waals surface area contributed by atoms with Gasteiger partial charge in [-0.05, 0) is 124 Å². The molecule has 0 saturated carbocycles. The van der Waals surface area contributed by atoms with E-state index in [1.165, 1.54) is 60.0 Å². The Balaban J connectivity index is 1.09. The summed E-state index contributed by atoms with van der Waals surface area (Å²) in [6.45, 7) is 0. The fourth-order valence-electron chi connectivity index (χ4n) is 9.24. The number of rotatable bonds is 7. The minimum atomic E-state index is 0.659. The van der Waals surface area contributed by atoms with Crippen LogP contribution < -0.4 is 0 Å². The van der Waals surface area contributed by atoms with Gasteiger partial charge in [0.15, 0.2) is 5.82 Å². The summed E-state index contributed by atoms with van der Waals surface area (Å²) in [7, 11) is 0. The first-order chi connectivity index (χ1) is 31.7. The van der Waals surface area contributed by atoms with Crippen LogP contribution in [-0.2, 0) is 0 Å². The summed E-state index contributed by atoms with van der Waals surface area (Å²) in [5, 5.41) is 9.59. The SMILES string of the molecule is c1cncc(-c2ccc(-c3cc(-c4ccc(-c5cccnc5)cc4)nc(-c4ccc5c(-c6ccc7ccccc7c6)c6ccccc6c(-c6ccc7ccccc7c6)c5c4)n3)cc2)c1. The molecule has 0 spiro atoms. The number of pyridine rings is 2. The van der Waals surface area contributed by atoms with Crippen molar-refractivity contribution in [1.82, 2.24) is 19.9 Å².